The average Bonchev–Trinajstić information content (AvgIpc) is 3.18. The predicted molar refractivity (Wildman–Crippen MR) is 101 cm³/mol. The van der Waals surface area contributed by atoms with Gasteiger partial charge in [-0.3, -0.25) is 9.59 Å². The Bertz CT molecular complexity index is 651. The Balaban J connectivity index is 1.50. The summed E-state index contributed by atoms with van der Waals surface area (Å²) in [5.41, 5.74) is 1.12. The zero-order valence-electron chi connectivity index (χ0n) is 16.1. The second-order valence-corrected chi connectivity index (χ2v) is 7.68. The summed E-state index contributed by atoms with van der Waals surface area (Å²) >= 11 is 0. The maximum atomic E-state index is 12.8. The topological polar surface area (TPSA) is 76.1 Å². The van der Waals surface area contributed by atoms with Crippen LogP contribution in [0.2, 0.25) is 0 Å². The van der Waals surface area contributed by atoms with E-state index in [-0.39, 0.29) is 23.8 Å². The van der Waals surface area contributed by atoms with E-state index in [1.54, 1.807) is 7.11 Å². The van der Waals surface area contributed by atoms with Crippen molar-refractivity contribution in [2.75, 3.05) is 26.8 Å². The average molecular weight is 375 g/mol. The molecule has 2 saturated heterocycles. The van der Waals surface area contributed by atoms with E-state index in [1.807, 2.05) is 36.1 Å². The maximum Gasteiger partial charge on any atom is 0.309 e. The number of amides is 1. The highest BCUT2D eigenvalue weighted by atomic mass is 16.5. The normalized spacial score (nSPS) is 24.6. The van der Waals surface area contributed by atoms with Gasteiger partial charge in [-0.05, 0) is 49.3 Å². The molecular weight excluding hydrogens is 346 g/mol. The maximum absolute atomic E-state index is 12.8. The summed E-state index contributed by atoms with van der Waals surface area (Å²) in [7, 11) is 1.64. The molecule has 2 fully saturated rings. The van der Waals surface area contributed by atoms with E-state index in [1.165, 1.54) is 0 Å². The molecule has 1 amide bonds. The first-order valence-corrected chi connectivity index (χ1v) is 9.75. The minimum atomic E-state index is -0.760. The van der Waals surface area contributed by atoms with Crippen LogP contribution in [-0.4, -0.2) is 54.8 Å². The first kappa shape index (κ1) is 19.7. The minimum absolute atomic E-state index is 0.0792. The van der Waals surface area contributed by atoms with Gasteiger partial charge in [-0.2, -0.15) is 0 Å². The fraction of sp³-hybridized carbons (Fsp3) is 0.619. The fourth-order valence-corrected chi connectivity index (χ4v) is 4.30. The number of carboxylic acids is 1. The van der Waals surface area contributed by atoms with Gasteiger partial charge in [0.25, 0.3) is 0 Å². The highest BCUT2D eigenvalue weighted by molar-refractivity contribution is 5.79. The molecule has 2 aliphatic heterocycles. The molecule has 3 atom stereocenters. The Kier molecular flexibility index (Phi) is 6.37. The second-order valence-electron chi connectivity index (χ2n) is 7.68. The van der Waals surface area contributed by atoms with E-state index in [2.05, 4.69) is 0 Å². The van der Waals surface area contributed by atoms with Crippen LogP contribution in [0.4, 0.5) is 0 Å². The molecule has 6 heteroatoms. The number of carbonyl (C=O) groups is 2. The molecule has 1 aromatic rings. The quantitative estimate of drug-likeness (QED) is 0.827. The molecule has 1 N–H and O–H groups in total. The van der Waals surface area contributed by atoms with Crippen LogP contribution < -0.4 is 4.74 Å². The van der Waals surface area contributed by atoms with E-state index < -0.39 is 11.9 Å². The van der Waals surface area contributed by atoms with E-state index in [4.69, 9.17) is 9.47 Å². The van der Waals surface area contributed by atoms with Crippen LogP contribution in [0.5, 0.6) is 5.75 Å². The molecule has 3 rings (SSSR count). The molecule has 0 aromatic heterocycles. The Morgan fingerprint density at radius 3 is 2.48 bits per heavy atom. The van der Waals surface area contributed by atoms with Crippen LogP contribution in [0.25, 0.3) is 0 Å². The lowest BCUT2D eigenvalue weighted by Crippen LogP contribution is -2.45. The molecule has 1 aromatic carbocycles. The van der Waals surface area contributed by atoms with E-state index in [0.29, 0.717) is 32.5 Å². The molecule has 2 unspecified atom stereocenters. The van der Waals surface area contributed by atoms with Gasteiger partial charge < -0.3 is 19.5 Å². The van der Waals surface area contributed by atoms with Crippen LogP contribution in [0.15, 0.2) is 24.3 Å². The van der Waals surface area contributed by atoms with Gasteiger partial charge in [0.15, 0.2) is 0 Å². The van der Waals surface area contributed by atoms with Crippen molar-refractivity contribution in [3.05, 3.63) is 29.8 Å². The lowest BCUT2D eigenvalue weighted by Gasteiger charge is -2.36. The fourth-order valence-electron chi connectivity index (χ4n) is 4.30. The van der Waals surface area contributed by atoms with Crippen LogP contribution >= 0.6 is 0 Å². The smallest absolute Gasteiger partial charge is 0.309 e. The van der Waals surface area contributed by atoms with Gasteiger partial charge in [0, 0.05) is 25.6 Å². The summed E-state index contributed by atoms with van der Waals surface area (Å²) in [6.45, 7) is 3.87. The van der Waals surface area contributed by atoms with Crippen molar-refractivity contribution < 1.29 is 24.2 Å². The monoisotopic (exact) mass is 375 g/mol. The van der Waals surface area contributed by atoms with Gasteiger partial charge in [0.1, 0.15) is 5.75 Å². The molecule has 148 valence electrons. The lowest BCUT2D eigenvalue weighted by atomic mass is 9.84. The van der Waals surface area contributed by atoms with Crippen molar-refractivity contribution >= 4 is 11.9 Å². The number of benzene rings is 1. The highest BCUT2D eigenvalue weighted by Crippen LogP contribution is 2.33. The predicted octanol–water partition coefficient (Wildman–Crippen LogP) is 2.60. The molecule has 27 heavy (non-hydrogen) atoms. The van der Waals surface area contributed by atoms with Crippen molar-refractivity contribution in [2.24, 2.45) is 17.8 Å². The Morgan fingerprint density at radius 2 is 1.89 bits per heavy atom. The zero-order valence-corrected chi connectivity index (χ0v) is 16.1. The number of aliphatic carboxylic acids is 1. The summed E-state index contributed by atoms with van der Waals surface area (Å²) in [6.07, 6.45) is 2.73. The summed E-state index contributed by atoms with van der Waals surface area (Å²) < 4.78 is 10.9. The third-order valence-electron chi connectivity index (χ3n) is 5.89. The number of nitrogens with zero attached hydrogens (tertiary/aromatic N) is 1. The third-order valence-corrected chi connectivity index (χ3v) is 5.89. The summed E-state index contributed by atoms with van der Waals surface area (Å²) in [4.78, 5) is 26.1. The van der Waals surface area contributed by atoms with Gasteiger partial charge in [-0.15, -0.1) is 0 Å². The molecule has 2 aliphatic rings. The van der Waals surface area contributed by atoms with Gasteiger partial charge in [-0.25, -0.2) is 0 Å². The minimum Gasteiger partial charge on any atom is -0.497 e. The molecule has 2 heterocycles. The Labute approximate surface area is 160 Å². The van der Waals surface area contributed by atoms with Crippen molar-refractivity contribution in [1.82, 2.24) is 4.90 Å². The number of ether oxygens (including phenoxy) is 2. The van der Waals surface area contributed by atoms with Crippen molar-refractivity contribution in [1.29, 1.82) is 0 Å². The summed E-state index contributed by atoms with van der Waals surface area (Å²) in [5.74, 6) is -0.0191. The molecule has 0 spiro atoms. The Morgan fingerprint density at radius 1 is 1.22 bits per heavy atom. The van der Waals surface area contributed by atoms with Gasteiger partial charge >= 0.3 is 5.97 Å². The van der Waals surface area contributed by atoms with E-state index in [0.717, 1.165) is 24.2 Å². The van der Waals surface area contributed by atoms with Crippen molar-refractivity contribution in [2.45, 2.75) is 38.7 Å². The third kappa shape index (κ3) is 4.61. The van der Waals surface area contributed by atoms with E-state index in [9.17, 15) is 14.7 Å². The molecule has 0 radical (unpaired) electrons. The summed E-state index contributed by atoms with van der Waals surface area (Å²) in [5, 5.41) is 9.35. The number of hydrogen-bond donors (Lipinski definition) is 1. The molecule has 0 saturated carbocycles. The lowest BCUT2D eigenvalue weighted by molar-refractivity contribution is -0.146. The SMILES string of the molecule is COc1ccc(CC(C)C(=O)N2CCC([C@@H]3OCCC3C(=O)O)CC2)cc1. The number of methoxy groups -OCH3 is 1. The van der Waals surface area contributed by atoms with Crippen molar-refractivity contribution in [3.8, 4) is 5.75 Å². The zero-order chi connectivity index (χ0) is 19.4. The first-order valence-electron chi connectivity index (χ1n) is 9.75. The van der Waals surface area contributed by atoms with Gasteiger partial charge in [-0.1, -0.05) is 19.1 Å². The van der Waals surface area contributed by atoms with Crippen LogP contribution in [0.3, 0.4) is 0 Å². The Hall–Kier alpha value is -2.08. The van der Waals surface area contributed by atoms with Gasteiger partial charge in [0.2, 0.25) is 5.91 Å². The number of rotatable bonds is 6. The molecule has 0 aliphatic carbocycles. The number of likely N-dealkylation sites (tertiary alicyclic amines) is 1. The van der Waals surface area contributed by atoms with Crippen molar-refractivity contribution in [3.63, 3.8) is 0 Å². The molecule has 0 bridgehead atoms. The first-order chi connectivity index (χ1) is 13.0. The van der Waals surface area contributed by atoms with Gasteiger partial charge in [0.05, 0.1) is 19.1 Å². The van der Waals surface area contributed by atoms with Crippen LogP contribution in [-0.2, 0) is 20.7 Å². The number of carboxylic acid groups (broad SMARTS) is 1. The van der Waals surface area contributed by atoms with E-state index >= 15 is 0 Å². The van der Waals surface area contributed by atoms with Crippen LogP contribution in [0.1, 0.15) is 31.7 Å². The number of carbonyl (C=O) groups excluding carboxylic acids is 1. The molecular formula is C21H29NO5. The molecule has 6 nitrogen and oxygen atoms in total. The number of hydrogen-bond acceptors (Lipinski definition) is 4. The summed E-state index contributed by atoms with van der Waals surface area (Å²) in [6, 6.07) is 7.83. The largest absolute Gasteiger partial charge is 0.497 e. The highest BCUT2D eigenvalue weighted by Gasteiger charge is 2.41. The standard InChI is InChI=1S/C21H29NO5/c1-14(13-15-3-5-17(26-2)6-4-15)20(23)22-10-7-16(8-11-22)19-18(21(24)25)9-12-27-19/h3-6,14,16,18-19H,7-13H2,1-2H3,(H,24,25)/t14?,18?,19-/m0/s1. The van der Waals surface area contributed by atoms with Crippen LogP contribution in [0, 0.1) is 17.8 Å². The second kappa shape index (κ2) is 8.74. The number of piperidine rings is 1.